The highest BCUT2D eigenvalue weighted by molar-refractivity contribution is 5.82. The first kappa shape index (κ1) is 20.5. The highest BCUT2D eigenvalue weighted by Gasteiger charge is 2.40. The predicted octanol–water partition coefficient (Wildman–Crippen LogP) is 2.34. The molecular formula is C16H18F3N3O5. The summed E-state index contributed by atoms with van der Waals surface area (Å²) in [5.74, 6) is -0.847. The summed E-state index contributed by atoms with van der Waals surface area (Å²) >= 11 is 0. The van der Waals surface area contributed by atoms with Crippen LogP contribution in [0.4, 0.5) is 24.5 Å². The lowest BCUT2D eigenvalue weighted by atomic mass is 10.1. The Morgan fingerprint density at radius 2 is 2.00 bits per heavy atom. The van der Waals surface area contributed by atoms with E-state index in [1.807, 2.05) is 6.92 Å². The maximum Gasteiger partial charge on any atom is 0.416 e. The molecule has 2 atom stereocenters. The van der Waals surface area contributed by atoms with Crippen molar-refractivity contribution in [2.75, 3.05) is 25.0 Å². The van der Waals surface area contributed by atoms with Crippen LogP contribution < -0.4 is 10.6 Å². The molecule has 1 amide bonds. The third-order valence-corrected chi connectivity index (χ3v) is 4.04. The Hall–Kier alpha value is -2.85. The van der Waals surface area contributed by atoms with E-state index in [9.17, 15) is 32.9 Å². The fourth-order valence-corrected chi connectivity index (χ4v) is 2.35. The first-order valence-corrected chi connectivity index (χ1v) is 8.12. The number of rotatable bonds is 8. The third kappa shape index (κ3) is 5.83. The van der Waals surface area contributed by atoms with Gasteiger partial charge in [0.15, 0.2) is 6.61 Å². The molecule has 1 fully saturated rings. The van der Waals surface area contributed by atoms with Crippen LogP contribution in [0.25, 0.3) is 0 Å². The van der Waals surface area contributed by atoms with Crippen LogP contribution >= 0.6 is 0 Å². The number of anilines is 1. The van der Waals surface area contributed by atoms with Gasteiger partial charge >= 0.3 is 12.1 Å². The summed E-state index contributed by atoms with van der Waals surface area (Å²) in [6, 6.07) is 2.13. The molecule has 1 aliphatic carbocycles. The van der Waals surface area contributed by atoms with Gasteiger partial charge in [-0.15, -0.1) is 0 Å². The fourth-order valence-electron chi connectivity index (χ4n) is 2.35. The van der Waals surface area contributed by atoms with E-state index in [1.54, 1.807) is 0 Å². The fraction of sp³-hybridized carbons (Fsp3) is 0.500. The van der Waals surface area contributed by atoms with Crippen LogP contribution in [0.3, 0.4) is 0 Å². The van der Waals surface area contributed by atoms with E-state index >= 15 is 0 Å². The zero-order chi connectivity index (χ0) is 20.2. The second kappa shape index (κ2) is 8.23. The van der Waals surface area contributed by atoms with Gasteiger partial charge in [-0.1, -0.05) is 6.92 Å². The van der Waals surface area contributed by atoms with Crippen LogP contribution in [0, 0.1) is 22.0 Å². The van der Waals surface area contributed by atoms with Crippen molar-refractivity contribution in [3.63, 3.8) is 0 Å². The number of carbonyl (C=O) groups is 2. The van der Waals surface area contributed by atoms with Crippen LogP contribution in [0.15, 0.2) is 18.2 Å². The number of nitro groups is 1. The minimum absolute atomic E-state index is 0.0333. The number of benzene rings is 1. The molecule has 0 aromatic heterocycles. The van der Waals surface area contributed by atoms with E-state index in [1.165, 1.54) is 0 Å². The monoisotopic (exact) mass is 389 g/mol. The van der Waals surface area contributed by atoms with Gasteiger partial charge in [-0.05, 0) is 24.5 Å². The normalized spacial score (nSPS) is 18.5. The molecule has 8 nitrogen and oxygen atoms in total. The Bertz CT molecular complexity index is 739. The summed E-state index contributed by atoms with van der Waals surface area (Å²) in [5, 5.41) is 16.0. The first-order valence-electron chi connectivity index (χ1n) is 8.12. The number of esters is 1. The lowest BCUT2D eigenvalue weighted by molar-refractivity contribution is -0.384. The van der Waals surface area contributed by atoms with Gasteiger partial charge in [-0.25, -0.2) is 0 Å². The average Bonchev–Trinajstić information content (AvgIpc) is 3.32. The van der Waals surface area contributed by atoms with Gasteiger partial charge in [0.05, 0.1) is 16.4 Å². The number of carbonyl (C=O) groups excluding carboxylic acids is 2. The summed E-state index contributed by atoms with van der Waals surface area (Å²) in [4.78, 5) is 33.1. The van der Waals surface area contributed by atoms with E-state index in [2.05, 4.69) is 10.6 Å². The van der Waals surface area contributed by atoms with E-state index in [0.717, 1.165) is 18.6 Å². The maximum absolute atomic E-state index is 12.6. The summed E-state index contributed by atoms with van der Waals surface area (Å²) in [7, 11) is 0. The second-order valence-corrected chi connectivity index (χ2v) is 6.19. The van der Waals surface area contributed by atoms with Crippen LogP contribution in [0.2, 0.25) is 0 Å². The quantitative estimate of drug-likeness (QED) is 0.306. The molecule has 1 aromatic carbocycles. The molecule has 148 valence electrons. The number of alkyl halides is 3. The standard InChI is InChI=1S/C16H18F3N3O5/c1-9-6-11(9)15(24)27-8-14(23)21-5-4-20-12-3-2-10(16(17,18)19)7-13(12)22(25)26/h2-3,7,9,11,20H,4-6,8H2,1H3,(H,21,23)/t9-,11+/m1/s1. The zero-order valence-electron chi connectivity index (χ0n) is 14.3. The molecule has 0 bridgehead atoms. The molecule has 0 heterocycles. The van der Waals surface area contributed by atoms with Gasteiger partial charge in [-0.2, -0.15) is 13.2 Å². The van der Waals surface area contributed by atoms with Crippen LogP contribution in [-0.2, 0) is 20.5 Å². The molecule has 27 heavy (non-hydrogen) atoms. The molecule has 11 heteroatoms. The van der Waals surface area contributed by atoms with Crippen molar-refractivity contribution in [2.24, 2.45) is 11.8 Å². The molecule has 0 spiro atoms. The van der Waals surface area contributed by atoms with E-state index in [4.69, 9.17) is 4.74 Å². The molecular weight excluding hydrogens is 371 g/mol. The topological polar surface area (TPSA) is 111 Å². The maximum atomic E-state index is 12.6. The molecule has 0 aliphatic heterocycles. The van der Waals surface area contributed by atoms with Crippen molar-refractivity contribution in [3.8, 4) is 0 Å². The molecule has 1 aliphatic rings. The highest BCUT2D eigenvalue weighted by atomic mass is 19.4. The van der Waals surface area contributed by atoms with E-state index < -0.39 is 40.8 Å². The van der Waals surface area contributed by atoms with Crippen molar-refractivity contribution in [1.29, 1.82) is 0 Å². The average molecular weight is 389 g/mol. The number of nitrogens with one attached hydrogen (secondary N) is 2. The van der Waals surface area contributed by atoms with Gasteiger partial charge in [-0.3, -0.25) is 19.7 Å². The molecule has 1 aromatic rings. The summed E-state index contributed by atoms with van der Waals surface area (Å²) in [5.41, 5.74) is -1.94. The first-order chi connectivity index (χ1) is 12.6. The van der Waals surface area contributed by atoms with E-state index in [-0.39, 0.29) is 30.6 Å². The zero-order valence-corrected chi connectivity index (χ0v) is 14.3. The Morgan fingerprint density at radius 1 is 1.33 bits per heavy atom. The number of ether oxygens (including phenoxy) is 1. The van der Waals surface area contributed by atoms with Gasteiger partial charge in [0.2, 0.25) is 0 Å². The summed E-state index contributed by atoms with van der Waals surface area (Å²) in [6.45, 7) is 1.54. The van der Waals surface area contributed by atoms with Crippen LogP contribution in [-0.4, -0.2) is 36.5 Å². The largest absolute Gasteiger partial charge is 0.455 e. The lowest BCUT2D eigenvalue weighted by Crippen LogP contribution is -2.32. The number of nitrogens with zero attached hydrogens (tertiary/aromatic N) is 1. The van der Waals surface area contributed by atoms with Crippen molar-refractivity contribution in [1.82, 2.24) is 5.32 Å². The van der Waals surface area contributed by atoms with Gasteiger partial charge < -0.3 is 15.4 Å². The smallest absolute Gasteiger partial charge is 0.416 e. The number of nitro benzene ring substituents is 1. The number of hydrogen-bond acceptors (Lipinski definition) is 6. The lowest BCUT2D eigenvalue weighted by Gasteiger charge is -2.11. The van der Waals surface area contributed by atoms with Crippen LogP contribution in [0.5, 0.6) is 0 Å². The van der Waals surface area contributed by atoms with Crippen molar-refractivity contribution in [3.05, 3.63) is 33.9 Å². The number of hydrogen-bond donors (Lipinski definition) is 2. The van der Waals surface area contributed by atoms with Crippen molar-refractivity contribution in [2.45, 2.75) is 19.5 Å². The van der Waals surface area contributed by atoms with Gasteiger partial charge in [0.1, 0.15) is 5.69 Å². The molecule has 2 rings (SSSR count). The summed E-state index contributed by atoms with van der Waals surface area (Å²) < 4.78 is 42.8. The molecule has 0 radical (unpaired) electrons. The summed E-state index contributed by atoms with van der Waals surface area (Å²) in [6.07, 6.45) is -3.94. The number of amides is 1. The van der Waals surface area contributed by atoms with Crippen molar-refractivity contribution >= 4 is 23.3 Å². The second-order valence-electron chi connectivity index (χ2n) is 6.19. The van der Waals surface area contributed by atoms with Crippen molar-refractivity contribution < 1.29 is 32.4 Å². The minimum atomic E-state index is -4.69. The van der Waals surface area contributed by atoms with Gasteiger partial charge in [0, 0.05) is 19.2 Å². The third-order valence-electron chi connectivity index (χ3n) is 4.04. The Labute approximate surface area is 152 Å². The highest BCUT2D eigenvalue weighted by Crippen LogP contribution is 2.38. The van der Waals surface area contributed by atoms with Crippen LogP contribution in [0.1, 0.15) is 18.9 Å². The predicted molar refractivity (Wildman–Crippen MR) is 87.8 cm³/mol. The molecule has 1 saturated carbocycles. The Balaban J connectivity index is 1.78. The molecule has 2 N–H and O–H groups in total. The SMILES string of the molecule is C[C@@H]1C[C@@H]1C(=O)OCC(=O)NCCNc1ccc(C(F)(F)F)cc1[N+](=O)[O-]. The minimum Gasteiger partial charge on any atom is -0.455 e. The van der Waals surface area contributed by atoms with E-state index in [0.29, 0.717) is 6.07 Å². The molecule has 0 saturated heterocycles. The molecule has 0 unspecified atom stereocenters. The Morgan fingerprint density at radius 3 is 2.56 bits per heavy atom. The van der Waals surface area contributed by atoms with Gasteiger partial charge in [0.25, 0.3) is 11.6 Å². The number of halogens is 3. The Kier molecular flexibility index (Phi) is 6.24.